The predicted octanol–water partition coefficient (Wildman–Crippen LogP) is 2.22. The van der Waals surface area contributed by atoms with Crippen LogP contribution in [0.2, 0.25) is 0 Å². The highest BCUT2D eigenvalue weighted by molar-refractivity contribution is 5.68. The molecule has 0 amide bonds. The molecule has 0 saturated carbocycles. The molecule has 4 nitrogen and oxygen atoms in total. The smallest absolute Gasteiger partial charge is 0.0992 e. The van der Waals surface area contributed by atoms with Gasteiger partial charge in [0.05, 0.1) is 35.7 Å². The minimum absolute atomic E-state index is 0.177. The highest BCUT2D eigenvalue weighted by Crippen LogP contribution is 2.22. The van der Waals surface area contributed by atoms with Crippen LogP contribution in [0.15, 0.2) is 18.2 Å². The molecule has 0 saturated heterocycles. The molecule has 1 unspecified atom stereocenters. The first-order valence-electron chi connectivity index (χ1n) is 5.63. The number of benzene rings is 1. The summed E-state index contributed by atoms with van der Waals surface area (Å²) in [6, 6.07) is 7.49. The van der Waals surface area contributed by atoms with Crippen LogP contribution in [0.4, 0.5) is 11.4 Å². The summed E-state index contributed by atoms with van der Waals surface area (Å²) in [5.74, 6) is 0.417. The average molecular weight is 233 g/mol. The molecule has 0 heterocycles. The van der Waals surface area contributed by atoms with E-state index in [0.29, 0.717) is 23.8 Å². The number of hydrogen-bond acceptors (Lipinski definition) is 4. The van der Waals surface area contributed by atoms with Crippen LogP contribution in [-0.4, -0.2) is 19.8 Å². The van der Waals surface area contributed by atoms with E-state index in [2.05, 4.69) is 25.2 Å². The summed E-state index contributed by atoms with van der Waals surface area (Å²) in [6.45, 7) is 4.83. The monoisotopic (exact) mass is 233 g/mol. The van der Waals surface area contributed by atoms with E-state index in [1.54, 1.807) is 25.3 Å². The SMILES string of the molecule is COCC(Nc1cc(C#N)ccc1N)C(C)C. The van der Waals surface area contributed by atoms with Crippen LogP contribution in [-0.2, 0) is 4.74 Å². The van der Waals surface area contributed by atoms with Gasteiger partial charge in [-0.2, -0.15) is 5.26 Å². The summed E-state index contributed by atoms with van der Waals surface area (Å²) in [7, 11) is 1.67. The van der Waals surface area contributed by atoms with E-state index in [1.165, 1.54) is 0 Å². The highest BCUT2D eigenvalue weighted by Gasteiger charge is 2.14. The van der Waals surface area contributed by atoms with Gasteiger partial charge < -0.3 is 15.8 Å². The number of ether oxygens (including phenoxy) is 1. The molecule has 92 valence electrons. The summed E-state index contributed by atoms with van der Waals surface area (Å²) >= 11 is 0. The lowest BCUT2D eigenvalue weighted by Gasteiger charge is -2.23. The molecule has 0 spiro atoms. The van der Waals surface area contributed by atoms with E-state index in [4.69, 9.17) is 15.7 Å². The maximum atomic E-state index is 8.86. The Morgan fingerprint density at radius 1 is 1.47 bits per heavy atom. The molecule has 17 heavy (non-hydrogen) atoms. The number of nitrogens with zero attached hydrogens (tertiary/aromatic N) is 1. The van der Waals surface area contributed by atoms with E-state index in [-0.39, 0.29) is 6.04 Å². The minimum atomic E-state index is 0.177. The van der Waals surface area contributed by atoms with Crippen molar-refractivity contribution in [1.82, 2.24) is 0 Å². The van der Waals surface area contributed by atoms with E-state index >= 15 is 0 Å². The fraction of sp³-hybridized carbons (Fsp3) is 0.462. The van der Waals surface area contributed by atoms with Gasteiger partial charge in [0.1, 0.15) is 0 Å². The lowest BCUT2D eigenvalue weighted by atomic mass is 10.0. The second kappa shape index (κ2) is 6.12. The summed E-state index contributed by atoms with van der Waals surface area (Å²) < 4.78 is 5.17. The van der Waals surface area contributed by atoms with Crippen molar-refractivity contribution < 1.29 is 4.74 Å². The number of nitrogens with two attached hydrogens (primary N) is 1. The van der Waals surface area contributed by atoms with Crippen LogP contribution in [0, 0.1) is 17.2 Å². The summed E-state index contributed by atoms with van der Waals surface area (Å²) in [5.41, 5.74) is 7.91. The molecule has 1 aromatic carbocycles. The third-order valence-electron chi connectivity index (χ3n) is 2.67. The molecule has 3 N–H and O–H groups in total. The van der Waals surface area contributed by atoms with Crippen molar-refractivity contribution >= 4 is 11.4 Å². The normalized spacial score (nSPS) is 12.2. The molecule has 0 aromatic heterocycles. The van der Waals surface area contributed by atoms with E-state index in [0.717, 1.165) is 5.69 Å². The second-order valence-electron chi connectivity index (χ2n) is 4.36. The summed E-state index contributed by atoms with van der Waals surface area (Å²) in [4.78, 5) is 0. The first kappa shape index (κ1) is 13.3. The molecule has 1 aromatic rings. The number of methoxy groups -OCH3 is 1. The van der Waals surface area contributed by atoms with Gasteiger partial charge in [0.2, 0.25) is 0 Å². The molecule has 0 bridgehead atoms. The van der Waals surface area contributed by atoms with Gasteiger partial charge in [-0.25, -0.2) is 0 Å². The van der Waals surface area contributed by atoms with Gasteiger partial charge >= 0.3 is 0 Å². The Hall–Kier alpha value is -1.73. The van der Waals surface area contributed by atoms with E-state index in [1.807, 2.05) is 0 Å². The lowest BCUT2D eigenvalue weighted by molar-refractivity contribution is 0.171. The number of nitrogens with one attached hydrogen (secondary N) is 1. The van der Waals surface area contributed by atoms with Crippen molar-refractivity contribution in [2.75, 3.05) is 24.8 Å². The van der Waals surface area contributed by atoms with E-state index in [9.17, 15) is 0 Å². The number of hydrogen-bond donors (Lipinski definition) is 2. The molecule has 0 aliphatic rings. The van der Waals surface area contributed by atoms with E-state index < -0.39 is 0 Å². The van der Waals surface area contributed by atoms with Crippen LogP contribution in [0.25, 0.3) is 0 Å². The topological polar surface area (TPSA) is 71.1 Å². The van der Waals surface area contributed by atoms with Crippen LogP contribution >= 0.6 is 0 Å². The van der Waals surface area contributed by atoms with Gasteiger partial charge in [0.25, 0.3) is 0 Å². The molecule has 4 heteroatoms. The largest absolute Gasteiger partial charge is 0.397 e. The summed E-state index contributed by atoms with van der Waals surface area (Å²) in [6.07, 6.45) is 0. The Morgan fingerprint density at radius 2 is 2.18 bits per heavy atom. The van der Waals surface area contributed by atoms with Crippen molar-refractivity contribution in [3.63, 3.8) is 0 Å². The van der Waals surface area contributed by atoms with Gasteiger partial charge in [-0.05, 0) is 24.1 Å². The average Bonchev–Trinajstić information content (AvgIpc) is 2.31. The molecule has 0 fully saturated rings. The second-order valence-corrected chi connectivity index (χ2v) is 4.36. The first-order chi connectivity index (χ1) is 8.08. The number of rotatable bonds is 5. The molecule has 0 aliphatic heterocycles. The van der Waals surface area contributed by atoms with Gasteiger partial charge in [0.15, 0.2) is 0 Å². The zero-order valence-corrected chi connectivity index (χ0v) is 10.5. The Kier molecular flexibility index (Phi) is 4.80. The van der Waals surface area contributed by atoms with Crippen LogP contribution in [0.5, 0.6) is 0 Å². The van der Waals surface area contributed by atoms with Crippen LogP contribution in [0.3, 0.4) is 0 Å². The number of nitriles is 1. The Labute approximate surface area is 102 Å². The fourth-order valence-electron chi connectivity index (χ4n) is 1.53. The molecule has 0 aliphatic carbocycles. The van der Waals surface area contributed by atoms with Crippen molar-refractivity contribution in [1.29, 1.82) is 5.26 Å². The Balaban J connectivity index is 2.88. The molecular formula is C13H19N3O. The predicted molar refractivity (Wildman–Crippen MR) is 69.7 cm³/mol. The zero-order chi connectivity index (χ0) is 12.8. The van der Waals surface area contributed by atoms with Gasteiger partial charge in [-0.15, -0.1) is 0 Å². The van der Waals surface area contributed by atoms with Crippen molar-refractivity contribution in [3.8, 4) is 6.07 Å². The van der Waals surface area contributed by atoms with Crippen molar-refractivity contribution in [2.24, 2.45) is 5.92 Å². The van der Waals surface area contributed by atoms with Gasteiger partial charge in [-0.3, -0.25) is 0 Å². The minimum Gasteiger partial charge on any atom is -0.397 e. The maximum absolute atomic E-state index is 8.86. The quantitative estimate of drug-likeness (QED) is 0.765. The number of nitrogen functional groups attached to an aromatic ring is 1. The number of anilines is 2. The van der Waals surface area contributed by atoms with Crippen molar-refractivity contribution in [2.45, 2.75) is 19.9 Å². The Morgan fingerprint density at radius 3 is 2.71 bits per heavy atom. The van der Waals surface area contributed by atoms with Crippen LogP contribution < -0.4 is 11.1 Å². The maximum Gasteiger partial charge on any atom is 0.0992 e. The summed E-state index contributed by atoms with van der Waals surface area (Å²) in [5, 5.41) is 12.2. The molecular weight excluding hydrogens is 214 g/mol. The third kappa shape index (κ3) is 3.65. The highest BCUT2D eigenvalue weighted by atomic mass is 16.5. The first-order valence-corrected chi connectivity index (χ1v) is 5.63. The molecule has 0 radical (unpaired) electrons. The Bertz CT molecular complexity index is 410. The van der Waals surface area contributed by atoms with Gasteiger partial charge in [0, 0.05) is 7.11 Å². The van der Waals surface area contributed by atoms with Crippen molar-refractivity contribution in [3.05, 3.63) is 23.8 Å². The standard InChI is InChI=1S/C13H19N3O/c1-9(2)13(8-17-3)16-12-6-10(7-14)4-5-11(12)15/h4-6,9,13,16H,8,15H2,1-3H3. The molecule has 1 rings (SSSR count). The molecule has 1 atom stereocenters. The lowest BCUT2D eigenvalue weighted by Crippen LogP contribution is -2.30. The third-order valence-corrected chi connectivity index (χ3v) is 2.67. The van der Waals surface area contributed by atoms with Gasteiger partial charge in [-0.1, -0.05) is 13.8 Å². The fourth-order valence-corrected chi connectivity index (χ4v) is 1.53. The zero-order valence-electron chi connectivity index (χ0n) is 10.5. The van der Waals surface area contributed by atoms with Crippen LogP contribution in [0.1, 0.15) is 19.4 Å².